The predicted octanol–water partition coefficient (Wildman–Crippen LogP) is 6.28. The van der Waals surface area contributed by atoms with E-state index in [1.807, 2.05) is 42.5 Å². The second-order valence-corrected chi connectivity index (χ2v) is 9.96. The highest BCUT2D eigenvalue weighted by molar-refractivity contribution is 6.02. The van der Waals surface area contributed by atoms with Crippen molar-refractivity contribution in [1.29, 1.82) is 0 Å². The van der Waals surface area contributed by atoms with Gasteiger partial charge in [-0.15, -0.1) is 0 Å². The van der Waals surface area contributed by atoms with Gasteiger partial charge in [-0.05, 0) is 77.9 Å². The monoisotopic (exact) mass is 601 g/mol. The van der Waals surface area contributed by atoms with Crippen molar-refractivity contribution in [3.63, 3.8) is 0 Å². The number of carbonyl (C=O) groups excluding carboxylic acids is 3. The molecule has 0 fully saturated rings. The molecule has 0 bridgehead atoms. The fourth-order valence-corrected chi connectivity index (χ4v) is 4.48. The molecule has 0 unspecified atom stereocenters. The Morgan fingerprint density at radius 2 is 1.38 bits per heavy atom. The number of benzene rings is 5. The van der Waals surface area contributed by atoms with Gasteiger partial charge in [0.2, 0.25) is 5.91 Å². The molecule has 9 nitrogen and oxygen atoms in total. The number of nitrogens with one attached hydrogen (secondary N) is 2. The molecule has 0 aliphatic heterocycles. The molecular formula is C36H31N3O6. The predicted molar refractivity (Wildman–Crippen MR) is 171 cm³/mol. The van der Waals surface area contributed by atoms with Gasteiger partial charge in [-0.3, -0.25) is 14.4 Å². The standard InChI is InChI=1S/C36H31N3O6/c1-43-31-12-5-6-13-32(31)45-30-20-16-26(17-21-30)35(41)39-33(36(42)38-28-11-7-10-27(22-28)34(37)40)25-14-18-29(19-15-25)44-23-24-8-3-2-4-9-24/h2-22,33H,23H2,1H3,(H2,37,40)(H,38,42)(H,39,41)/t33-/m0/s1. The first kappa shape index (κ1) is 30.4. The number of ether oxygens (including phenoxy) is 3. The van der Waals surface area contributed by atoms with Crippen LogP contribution in [0.4, 0.5) is 5.69 Å². The molecule has 0 aliphatic rings. The van der Waals surface area contributed by atoms with Gasteiger partial charge >= 0.3 is 0 Å². The smallest absolute Gasteiger partial charge is 0.252 e. The molecule has 226 valence electrons. The van der Waals surface area contributed by atoms with Gasteiger partial charge in [-0.1, -0.05) is 60.7 Å². The largest absolute Gasteiger partial charge is 0.493 e. The number of anilines is 1. The molecule has 0 heterocycles. The van der Waals surface area contributed by atoms with Crippen molar-refractivity contribution in [3.8, 4) is 23.0 Å². The van der Waals surface area contributed by atoms with E-state index >= 15 is 0 Å². The van der Waals surface area contributed by atoms with Crippen molar-refractivity contribution in [1.82, 2.24) is 5.32 Å². The number of para-hydroxylation sites is 2. The van der Waals surface area contributed by atoms with Crippen LogP contribution in [-0.4, -0.2) is 24.8 Å². The Hall–Kier alpha value is -6.09. The van der Waals surface area contributed by atoms with Gasteiger partial charge in [0.15, 0.2) is 11.5 Å². The molecule has 0 saturated carbocycles. The molecule has 0 aromatic heterocycles. The molecule has 0 radical (unpaired) electrons. The highest BCUT2D eigenvalue weighted by Crippen LogP contribution is 2.31. The third-order valence-electron chi connectivity index (χ3n) is 6.83. The first-order valence-electron chi connectivity index (χ1n) is 14.1. The van der Waals surface area contributed by atoms with Gasteiger partial charge in [0, 0.05) is 16.8 Å². The van der Waals surface area contributed by atoms with Gasteiger partial charge in [0.25, 0.3) is 11.8 Å². The second-order valence-electron chi connectivity index (χ2n) is 9.96. The third-order valence-corrected chi connectivity index (χ3v) is 6.83. The van der Waals surface area contributed by atoms with E-state index in [1.165, 1.54) is 6.07 Å². The van der Waals surface area contributed by atoms with E-state index in [2.05, 4.69) is 10.6 Å². The quantitative estimate of drug-likeness (QED) is 0.155. The molecule has 1 atom stereocenters. The molecule has 9 heteroatoms. The number of primary amides is 1. The third kappa shape index (κ3) is 8.05. The molecular weight excluding hydrogens is 570 g/mol. The van der Waals surface area contributed by atoms with E-state index in [0.717, 1.165) is 5.56 Å². The van der Waals surface area contributed by atoms with Crippen molar-refractivity contribution >= 4 is 23.4 Å². The summed E-state index contributed by atoms with van der Waals surface area (Å²) in [5.74, 6) is 0.601. The van der Waals surface area contributed by atoms with Crippen LogP contribution in [0.5, 0.6) is 23.0 Å². The van der Waals surface area contributed by atoms with Gasteiger partial charge < -0.3 is 30.6 Å². The second kappa shape index (κ2) is 14.4. The van der Waals surface area contributed by atoms with Crippen molar-refractivity contribution in [2.45, 2.75) is 12.6 Å². The summed E-state index contributed by atoms with van der Waals surface area (Å²) in [6, 6.07) is 35.6. The Labute approximate surface area is 260 Å². The van der Waals surface area contributed by atoms with Crippen molar-refractivity contribution in [2.75, 3.05) is 12.4 Å². The minimum absolute atomic E-state index is 0.240. The first-order valence-corrected chi connectivity index (χ1v) is 14.1. The number of rotatable bonds is 12. The van der Waals surface area contributed by atoms with Gasteiger partial charge in [0.1, 0.15) is 24.1 Å². The normalized spacial score (nSPS) is 11.1. The van der Waals surface area contributed by atoms with Crippen molar-refractivity contribution < 1.29 is 28.6 Å². The molecule has 0 spiro atoms. The molecule has 5 aromatic carbocycles. The van der Waals surface area contributed by atoms with Gasteiger partial charge in [-0.2, -0.15) is 0 Å². The van der Waals surface area contributed by atoms with E-state index < -0.39 is 23.8 Å². The Balaban J connectivity index is 1.33. The summed E-state index contributed by atoms with van der Waals surface area (Å²) in [6.07, 6.45) is 0. The molecule has 0 aliphatic carbocycles. The zero-order valence-electron chi connectivity index (χ0n) is 24.4. The highest BCUT2D eigenvalue weighted by atomic mass is 16.5. The summed E-state index contributed by atoms with van der Waals surface area (Å²) in [6.45, 7) is 0.383. The molecule has 5 aromatic rings. The fourth-order valence-electron chi connectivity index (χ4n) is 4.48. The lowest BCUT2D eigenvalue weighted by molar-refractivity contribution is -0.118. The van der Waals surface area contributed by atoms with Gasteiger partial charge in [0.05, 0.1) is 7.11 Å². The Morgan fingerprint density at radius 3 is 2.07 bits per heavy atom. The first-order chi connectivity index (χ1) is 21.9. The maximum absolute atomic E-state index is 13.6. The summed E-state index contributed by atoms with van der Waals surface area (Å²) in [4.78, 5) is 38.6. The van der Waals surface area contributed by atoms with Crippen LogP contribution < -0.4 is 30.6 Å². The fraction of sp³-hybridized carbons (Fsp3) is 0.0833. The summed E-state index contributed by atoms with van der Waals surface area (Å²) in [5.41, 5.74) is 7.86. The van der Waals surface area contributed by atoms with E-state index in [4.69, 9.17) is 19.9 Å². The average Bonchev–Trinajstić information content (AvgIpc) is 3.07. The topological polar surface area (TPSA) is 129 Å². The van der Waals surface area contributed by atoms with Crippen LogP contribution in [0.2, 0.25) is 0 Å². The number of hydrogen-bond acceptors (Lipinski definition) is 6. The summed E-state index contributed by atoms with van der Waals surface area (Å²) in [5, 5.41) is 5.60. The Kier molecular flexibility index (Phi) is 9.71. The lowest BCUT2D eigenvalue weighted by Crippen LogP contribution is -2.37. The number of methoxy groups -OCH3 is 1. The number of amides is 3. The van der Waals surface area contributed by atoms with E-state index in [9.17, 15) is 14.4 Å². The van der Waals surface area contributed by atoms with Gasteiger partial charge in [-0.25, -0.2) is 0 Å². The van der Waals surface area contributed by atoms with Crippen molar-refractivity contribution in [3.05, 3.63) is 150 Å². The maximum Gasteiger partial charge on any atom is 0.252 e. The van der Waals surface area contributed by atoms with Crippen LogP contribution in [0.15, 0.2) is 127 Å². The summed E-state index contributed by atoms with van der Waals surface area (Å²) >= 11 is 0. The van der Waals surface area contributed by atoms with Crippen LogP contribution in [0.3, 0.4) is 0 Å². The lowest BCUT2D eigenvalue weighted by atomic mass is 10.0. The molecule has 45 heavy (non-hydrogen) atoms. The minimum Gasteiger partial charge on any atom is -0.493 e. The van der Waals surface area contributed by atoms with Crippen LogP contribution in [0, 0.1) is 0 Å². The molecule has 3 amide bonds. The number of nitrogens with two attached hydrogens (primary N) is 1. The Bertz CT molecular complexity index is 1770. The van der Waals surface area contributed by atoms with Crippen LogP contribution >= 0.6 is 0 Å². The van der Waals surface area contributed by atoms with Crippen LogP contribution in [-0.2, 0) is 11.4 Å². The van der Waals surface area contributed by atoms with Crippen LogP contribution in [0.25, 0.3) is 0 Å². The molecule has 5 rings (SSSR count). The van der Waals surface area contributed by atoms with E-state index in [0.29, 0.717) is 46.4 Å². The summed E-state index contributed by atoms with van der Waals surface area (Å²) in [7, 11) is 1.56. The number of hydrogen-bond donors (Lipinski definition) is 3. The van der Waals surface area contributed by atoms with Crippen molar-refractivity contribution in [2.24, 2.45) is 5.73 Å². The Morgan fingerprint density at radius 1 is 0.711 bits per heavy atom. The average molecular weight is 602 g/mol. The highest BCUT2D eigenvalue weighted by Gasteiger charge is 2.24. The summed E-state index contributed by atoms with van der Waals surface area (Å²) < 4.78 is 17.1. The number of carbonyl (C=O) groups is 3. The molecule has 4 N–H and O–H groups in total. The minimum atomic E-state index is -1.08. The molecule has 0 saturated heterocycles. The lowest BCUT2D eigenvalue weighted by Gasteiger charge is -2.20. The zero-order chi connectivity index (χ0) is 31.6. The van der Waals surface area contributed by atoms with E-state index in [-0.39, 0.29) is 5.56 Å². The maximum atomic E-state index is 13.6. The SMILES string of the molecule is COc1ccccc1Oc1ccc(C(=O)N[C@H](C(=O)Nc2cccc(C(N)=O)c2)c2ccc(OCc3ccccc3)cc2)cc1. The zero-order valence-corrected chi connectivity index (χ0v) is 24.4. The van der Waals surface area contributed by atoms with E-state index in [1.54, 1.807) is 86.0 Å². The van der Waals surface area contributed by atoms with Crippen LogP contribution in [0.1, 0.15) is 37.9 Å².